The molecule has 23 heavy (non-hydrogen) atoms. The van der Waals surface area contributed by atoms with E-state index in [0.29, 0.717) is 15.8 Å². The summed E-state index contributed by atoms with van der Waals surface area (Å²) in [6.07, 6.45) is 3.14. The molecule has 0 atom stereocenters. The third kappa shape index (κ3) is 4.34. The van der Waals surface area contributed by atoms with E-state index in [4.69, 9.17) is 10.5 Å². The van der Waals surface area contributed by atoms with E-state index in [2.05, 4.69) is 26.0 Å². The van der Waals surface area contributed by atoms with Crippen molar-refractivity contribution in [2.45, 2.75) is 26.9 Å². The Hall–Kier alpha value is -1.84. The van der Waals surface area contributed by atoms with Crippen LogP contribution in [0.4, 0.5) is 5.95 Å². The van der Waals surface area contributed by atoms with Crippen molar-refractivity contribution in [1.29, 1.82) is 0 Å². The molecule has 4 N–H and O–H groups in total. The highest BCUT2D eigenvalue weighted by Gasteiger charge is 2.21. The third-order valence-corrected chi connectivity index (χ3v) is 3.48. The van der Waals surface area contributed by atoms with E-state index in [-0.39, 0.29) is 17.5 Å². The van der Waals surface area contributed by atoms with Crippen LogP contribution in [0.25, 0.3) is 0 Å². The maximum absolute atomic E-state index is 9.57. The number of nitrogens with two attached hydrogens (primary N) is 1. The predicted molar refractivity (Wildman–Crippen MR) is 94.1 cm³/mol. The summed E-state index contributed by atoms with van der Waals surface area (Å²) >= 11 is 3.39. The Kier molecular flexibility index (Phi) is 5.45. The van der Waals surface area contributed by atoms with Crippen molar-refractivity contribution in [3.63, 3.8) is 0 Å². The Morgan fingerprint density at radius 3 is 2.65 bits per heavy atom. The van der Waals surface area contributed by atoms with Gasteiger partial charge in [-0.3, -0.25) is 0 Å². The van der Waals surface area contributed by atoms with Crippen LogP contribution < -0.4 is 15.9 Å². The SMILES string of the molecule is Cc1cn(N=Cc2cc(Br)c(OC(C)C)c(B(O)O)c2)c(N)n1. The highest BCUT2D eigenvalue weighted by molar-refractivity contribution is 9.10. The average molecular weight is 381 g/mol. The number of hydrogen-bond acceptors (Lipinski definition) is 6. The first-order chi connectivity index (χ1) is 10.8. The molecular weight excluding hydrogens is 363 g/mol. The van der Waals surface area contributed by atoms with Crippen LogP contribution in [0.3, 0.4) is 0 Å². The average Bonchev–Trinajstić information content (AvgIpc) is 2.76. The number of halogens is 1. The molecule has 1 aromatic heterocycles. The van der Waals surface area contributed by atoms with E-state index in [9.17, 15) is 10.0 Å². The third-order valence-electron chi connectivity index (χ3n) is 2.89. The summed E-state index contributed by atoms with van der Waals surface area (Å²) in [7, 11) is -1.66. The summed E-state index contributed by atoms with van der Waals surface area (Å²) in [5.41, 5.74) is 7.39. The fraction of sp³-hybridized carbons (Fsp3) is 0.286. The van der Waals surface area contributed by atoms with Crippen LogP contribution in [0.1, 0.15) is 25.1 Å². The molecule has 0 radical (unpaired) electrons. The van der Waals surface area contributed by atoms with E-state index in [0.717, 1.165) is 5.69 Å². The normalized spacial score (nSPS) is 11.4. The van der Waals surface area contributed by atoms with Crippen molar-refractivity contribution in [2.24, 2.45) is 5.10 Å². The summed E-state index contributed by atoms with van der Waals surface area (Å²) in [4.78, 5) is 4.05. The van der Waals surface area contributed by atoms with Crippen LogP contribution in [0.2, 0.25) is 0 Å². The van der Waals surface area contributed by atoms with Gasteiger partial charge in [0.05, 0.1) is 28.7 Å². The molecule has 0 amide bonds. The zero-order valence-electron chi connectivity index (χ0n) is 13.1. The smallest absolute Gasteiger partial charge is 0.490 e. The molecular formula is C14H18BBrN4O3. The van der Waals surface area contributed by atoms with Gasteiger partial charge < -0.3 is 20.5 Å². The molecule has 0 saturated heterocycles. The van der Waals surface area contributed by atoms with Crippen LogP contribution in [-0.4, -0.2) is 39.1 Å². The summed E-state index contributed by atoms with van der Waals surface area (Å²) in [6.45, 7) is 5.54. The first kappa shape index (κ1) is 17.5. The maximum atomic E-state index is 9.57. The lowest BCUT2D eigenvalue weighted by Gasteiger charge is -2.16. The number of rotatable bonds is 5. The summed E-state index contributed by atoms with van der Waals surface area (Å²) in [6, 6.07) is 3.36. The van der Waals surface area contributed by atoms with Gasteiger partial charge in [-0.25, -0.2) is 9.66 Å². The van der Waals surface area contributed by atoms with E-state index in [1.165, 1.54) is 4.68 Å². The molecule has 0 bridgehead atoms. The minimum Gasteiger partial charge on any atom is -0.490 e. The zero-order valence-corrected chi connectivity index (χ0v) is 14.6. The van der Waals surface area contributed by atoms with Crippen molar-refractivity contribution >= 4 is 40.7 Å². The molecule has 0 unspecified atom stereocenters. The Morgan fingerprint density at radius 2 is 2.13 bits per heavy atom. The van der Waals surface area contributed by atoms with Crippen LogP contribution in [0.5, 0.6) is 5.75 Å². The van der Waals surface area contributed by atoms with Crippen molar-refractivity contribution in [1.82, 2.24) is 9.66 Å². The van der Waals surface area contributed by atoms with Gasteiger partial charge in [0.1, 0.15) is 5.75 Å². The van der Waals surface area contributed by atoms with Gasteiger partial charge in [0.2, 0.25) is 5.95 Å². The molecule has 0 spiro atoms. The molecule has 2 aromatic rings. The van der Waals surface area contributed by atoms with Gasteiger partial charge in [0, 0.05) is 5.46 Å². The van der Waals surface area contributed by atoms with E-state index >= 15 is 0 Å². The molecule has 1 aromatic carbocycles. The highest BCUT2D eigenvalue weighted by atomic mass is 79.9. The number of ether oxygens (including phenoxy) is 1. The second-order valence-electron chi connectivity index (χ2n) is 5.29. The van der Waals surface area contributed by atoms with Crippen LogP contribution in [0, 0.1) is 6.92 Å². The number of hydrogen-bond donors (Lipinski definition) is 3. The van der Waals surface area contributed by atoms with Gasteiger partial charge >= 0.3 is 7.12 Å². The van der Waals surface area contributed by atoms with Gasteiger partial charge in [-0.05, 0) is 54.4 Å². The van der Waals surface area contributed by atoms with E-state index in [1.54, 1.807) is 24.5 Å². The molecule has 2 rings (SSSR count). The van der Waals surface area contributed by atoms with Crippen molar-refractivity contribution in [3.8, 4) is 5.75 Å². The molecule has 0 fully saturated rings. The molecule has 7 nitrogen and oxygen atoms in total. The Labute approximate surface area is 143 Å². The van der Waals surface area contributed by atoms with Gasteiger partial charge in [-0.2, -0.15) is 5.10 Å². The quantitative estimate of drug-likeness (QED) is 0.527. The van der Waals surface area contributed by atoms with Crippen LogP contribution in [-0.2, 0) is 0 Å². The molecule has 122 valence electrons. The second kappa shape index (κ2) is 7.16. The fourth-order valence-electron chi connectivity index (χ4n) is 1.99. The first-order valence-corrected chi connectivity index (χ1v) is 7.79. The molecule has 9 heteroatoms. The van der Waals surface area contributed by atoms with Gasteiger partial charge in [0.25, 0.3) is 0 Å². The van der Waals surface area contributed by atoms with Gasteiger partial charge in [0.15, 0.2) is 0 Å². The van der Waals surface area contributed by atoms with Crippen molar-refractivity contribution in [2.75, 3.05) is 5.73 Å². The number of nitrogens with zero attached hydrogens (tertiary/aromatic N) is 3. The van der Waals surface area contributed by atoms with E-state index < -0.39 is 7.12 Å². The largest absolute Gasteiger partial charge is 0.492 e. The molecule has 0 aliphatic rings. The van der Waals surface area contributed by atoms with Crippen molar-refractivity contribution < 1.29 is 14.8 Å². The monoisotopic (exact) mass is 380 g/mol. The lowest BCUT2D eigenvalue weighted by molar-refractivity contribution is 0.242. The summed E-state index contributed by atoms with van der Waals surface area (Å²) in [5.74, 6) is 0.671. The molecule has 0 aliphatic carbocycles. The minimum absolute atomic E-state index is 0.1000. The van der Waals surface area contributed by atoms with Gasteiger partial charge in [-0.15, -0.1) is 0 Å². The molecule has 0 aliphatic heterocycles. The standard InChI is InChI=1S/C14H18BBrN4O3/c1-8(2)23-13-11(15(21)22)4-10(5-12(13)16)6-18-20-7-9(3)19-14(20)17/h4-8,21-22H,1-3H3,(H2,17,19). The number of nitrogen functional groups attached to an aromatic ring is 1. The molecule has 0 saturated carbocycles. The Bertz CT molecular complexity index is 731. The number of aryl methyl sites for hydroxylation is 1. The Morgan fingerprint density at radius 1 is 1.43 bits per heavy atom. The van der Waals surface area contributed by atoms with Crippen LogP contribution >= 0.6 is 15.9 Å². The Balaban J connectivity index is 2.38. The number of imidazole rings is 1. The lowest BCUT2D eigenvalue weighted by Crippen LogP contribution is -2.33. The molecule has 1 heterocycles. The fourth-order valence-corrected chi connectivity index (χ4v) is 2.57. The van der Waals surface area contributed by atoms with E-state index in [1.807, 2.05) is 20.8 Å². The number of benzene rings is 1. The first-order valence-electron chi connectivity index (χ1n) is 7.00. The maximum Gasteiger partial charge on any atom is 0.492 e. The van der Waals surface area contributed by atoms with Gasteiger partial charge in [-0.1, -0.05) is 0 Å². The second-order valence-corrected chi connectivity index (χ2v) is 6.15. The number of aromatic nitrogens is 2. The topological polar surface area (TPSA) is 106 Å². The zero-order chi connectivity index (χ0) is 17.1. The number of anilines is 1. The summed E-state index contributed by atoms with van der Waals surface area (Å²) < 4.78 is 7.68. The lowest BCUT2D eigenvalue weighted by atomic mass is 9.78. The van der Waals surface area contributed by atoms with Crippen LogP contribution in [0.15, 0.2) is 27.9 Å². The predicted octanol–water partition coefficient (Wildman–Crippen LogP) is 0.885. The highest BCUT2D eigenvalue weighted by Crippen LogP contribution is 2.25. The summed E-state index contributed by atoms with van der Waals surface area (Å²) in [5, 5.41) is 23.4. The minimum atomic E-state index is -1.66. The van der Waals surface area contributed by atoms with Crippen molar-refractivity contribution in [3.05, 3.63) is 34.1 Å².